The van der Waals surface area contributed by atoms with E-state index in [0.29, 0.717) is 32.1 Å². The molecule has 1 aliphatic heterocycles. The summed E-state index contributed by atoms with van der Waals surface area (Å²) in [7, 11) is 1.57. The minimum Gasteiger partial charge on any atom is -0.496 e. The van der Waals surface area contributed by atoms with Crippen molar-refractivity contribution in [2.24, 2.45) is 0 Å². The number of morpholine rings is 1. The summed E-state index contributed by atoms with van der Waals surface area (Å²) in [4.78, 5) is 14.0. The average molecular weight is 274 g/mol. The Balaban J connectivity index is 2.09. The highest BCUT2D eigenvalue weighted by Gasteiger charge is 2.23. The van der Waals surface area contributed by atoms with E-state index in [2.05, 4.69) is 6.07 Å². The Morgan fingerprint density at radius 2 is 2.15 bits per heavy atom. The molecule has 1 aromatic carbocycles. The second-order valence-electron chi connectivity index (χ2n) is 4.62. The summed E-state index contributed by atoms with van der Waals surface area (Å²) in [6.07, 6.45) is 0.177. The average Bonchev–Trinajstić information content (AvgIpc) is 2.53. The van der Waals surface area contributed by atoms with E-state index in [1.807, 2.05) is 18.2 Å². The fourth-order valence-electron chi connectivity index (χ4n) is 2.30. The molecule has 1 atom stereocenters. The number of nitriles is 1. The minimum atomic E-state index is -0.485. The minimum absolute atomic E-state index is 0.00856. The van der Waals surface area contributed by atoms with Crippen LogP contribution in [0, 0.1) is 11.3 Å². The van der Waals surface area contributed by atoms with Crippen molar-refractivity contribution in [3.63, 3.8) is 0 Å². The molecule has 5 heteroatoms. The normalized spacial score (nSPS) is 16.3. The van der Waals surface area contributed by atoms with Crippen LogP contribution in [0.25, 0.3) is 0 Å². The van der Waals surface area contributed by atoms with Gasteiger partial charge in [0.05, 0.1) is 32.3 Å². The van der Waals surface area contributed by atoms with E-state index in [-0.39, 0.29) is 12.3 Å². The smallest absolute Gasteiger partial charge is 0.224 e. The lowest BCUT2D eigenvalue weighted by Gasteiger charge is -2.27. The van der Waals surface area contributed by atoms with E-state index < -0.39 is 5.92 Å². The Morgan fingerprint density at radius 1 is 1.45 bits per heavy atom. The number of benzene rings is 1. The van der Waals surface area contributed by atoms with Gasteiger partial charge in [-0.1, -0.05) is 18.2 Å². The molecule has 0 aliphatic carbocycles. The zero-order valence-electron chi connectivity index (χ0n) is 11.5. The molecule has 0 spiro atoms. The van der Waals surface area contributed by atoms with Crippen molar-refractivity contribution in [3.05, 3.63) is 29.8 Å². The second-order valence-corrected chi connectivity index (χ2v) is 4.62. The van der Waals surface area contributed by atoms with E-state index >= 15 is 0 Å². The standard InChI is InChI=1S/C15H18N2O3/c1-19-14-5-3-2-4-13(14)12(11-16)10-15(18)17-6-8-20-9-7-17/h2-5,12H,6-10H2,1H3. The summed E-state index contributed by atoms with van der Waals surface area (Å²) in [5, 5.41) is 9.35. The summed E-state index contributed by atoms with van der Waals surface area (Å²) in [5.74, 6) is 0.154. The van der Waals surface area contributed by atoms with Gasteiger partial charge in [0.25, 0.3) is 0 Å². The van der Waals surface area contributed by atoms with Gasteiger partial charge in [-0.05, 0) is 6.07 Å². The first kappa shape index (κ1) is 14.4. The van der Waals surface area contributed by atoms with Gasteiger partial charge in [-0.2, -0.15) is 5.26 Å². The maximum Gasteiger partial charge on any atom is 0.224 e. The molecule has 1 amide bonds. The Bertz CT molecular complexity index is 504. The molecule has 0 saturated carbocycles. The molecule has 1 heterocycles. The van der Waals surface area contributed by atoms with Gasteiger partial charge in [0.1, 0.15) is 5.75 Å². The van der Waals surface area contributed by atoms with Gasteiger partial charge in [0, 0.05) is 25.1 Å². The molecular weight excluding hydrogens is 256 g/mol. The Labute approximate surface area is 118 Å². The van der Waals surface area contributed by atoms with Crippen LogP contribution in [0.5, 0.6) is 5.75 Å². The lowest BCUT2D eigenvalue weighted by atomic mass is 9.95. The summed E-state index contributed by atoms with van der Waals surface area (Å²) in [6.45, 7) is 2.33. The molecule has 0 radical (unpaired) electrons. The van der Waals surface area contributed by atoms with Gasteiger partial charge in [0.2, 0.25) is 5.91 Å². The molecule has 0 aromatic heterocycles. The Morgan fingerprint density at radius 3 is 2.80 bits per heavy atom. The highest BCUT2D eigenvalue weighted by molar-refractivity contribution is 5.78. The highest BCUT2D eigenvalue weighted by Crippen LogP contribution is 2.28. The number of carbonyl (C=O) groups is 1. The molecule has 1 unspecified atom stereocenters. The zero-order chi connectivity index (χ0) is 14.4. The number of rotatable bonds is 4. The largest absolute Gasteiger partial charge is 0.496 e. The van der Waals surface area contributed by atoms with Crippen molar-refractivity contribution < 1.29 is 14.3 Å². The first-order valence-electron chi connectivity index (χ1n) is 6.64. The number of para-hydroxylation sites is 1. The fourth-order valence-corrected chi connectivity index (χ4v) is 2.30. The number of ether oxygens (including phenoxy) is 2. The van der Waals surface area contributed by atoms with Crippen LogP contribution in [-0.2, 0) is 9.53 Å². The summed E-state index contributed by atoms with van der Waals surface area (Å²) in [5.41, 5.74) is 0.763. The molecule has 106 valence electrons. The van der Waals surface area contributed by atoms with Crippen LogP contribution < -0.4 is 4.74 Å². The molecule has 2 rings (SSSR count). The van der Waals surface area contributed by atoms with Crippen molar-refractivity contribution in [1.82, 2.24) is 4.90 Å². The van der Waals surface area contributed by atoms with Crippen LogP contribution in [0.3, 0.4) is 0 Å². The lowest BCUT2D eigenvalue weighted by molar-refractivity contribution is -0.135. The molecule has 1 saturated heterocycles. The van der Waals surface area contributed by atoms with Crippen molar-refractivity contribution in [1.29, 1.82) is 5.26 Å². The van der Waals surface area contributed by atoms with E-state index in [1.165, 1.54) is 0 Å². The van der Waals surface area contributed by atoms with Crippen molar-refractivity contribution >= 4 is 5.91 Å². The van der Waals surface area contributed by atoms with Crippen LogP contribution >= 0.6 is 0 Å². The number of carbonyl (C=O) groups excluding carboxylic acids is 1. The van der Waals surface area contributed by atoms with Crippen LogP contribution in [0.2, 0.25) is 0 Å². The van der Waals surface area contributed by atoms with Crippen LogP contribution in [0.1, 0.15) is 17.9 Å². The van der Waals surface area contributed by atoms with Crippen LogP contribution in [0.15, 0.2) is 24.3 Å². The van der Waals surface area contributed by atoms with Gasteiger partial charge in [-0.15, -0.1) is 0 Å². The molecular formula is C15H18N2O3. The molecule has 20 heavy (non-hydrogen) atoms. The topological polar surface area (TPSA) is 62.6 Å². The second kappa shape index (κ2) is 6.92. The Kier molecular flexibility index (Phi) is 4.97. The highest BCUT2D eigenvalue weighted by atomic mass is 16.5. The van der Waals surface area contributed by atoms with Crippen molar-refractivity contribution in [3.8, 4) is 11.8 Å². The van der Waals surface area contributed by atoms with E-state index in [4.69, 9.17) is 9.47 Å². The van der Waals surface area contributed by atoms with Gasteiger partial charge in [0.15, 0.2) is 0 Å². The molecule has 0 N–H and O–H groups in total. The lowest BCUT2D eigenvalue weighted by Crippen LogP contribution is -2.41. The fraction of sp³-hybridized carbons (Fsp3) is 0.467. The molecule has 1 aliphatic rings. The summed E-state index contributed by atoms with van der Waals surface area (Å²) >= 11 is 0. The maximum atomic E-state index is 12.2. The van der Waals surface area contributed by atoms with Crippen LogP contribution in [0.4, 0.5) is 0 Å². The third-order valence-corrected chi connectivity index (χ3v) is 3.41. The summed E-state index contributed by atoms with van der Waals surface area (Å²) < 4.78 is 10.5. The quantitative estimate of drug-likeness (QED) is 0.835. The first-order chi connectivity index (χ1) is 9.76. The number of nitrogens with zero attached hydrogens (tertiary/aromatic N) is 2. The third-order valence-electron chi connectivity index (χ3n) is 3.41. The monoisotopic (exact) mass is 274 g/mol. The molecule has 1 fully saturated rings. The molecule has 0 bridgehead atoms. The number of methoxy groups -OCH3 is 1. The van der Waals surface area contributed by atoms with E-state index in [1.54, 1.807) is 18.1 Å². The maximum absolute atomic E-state index is 12.2. The predicted molar refractivity (Wildman–Crippen MR) is 73.4 cm³/mol. The van der Waals surface area contributed by atoms with Gasteiger partial charge in [-0.3, -0.25) is 4.79 Å². The Hall–Kier alpha value is -2.06. The van der Waals surface area contributed by atoms with E-state index in [0.717, 1.165) is 5.56 Å². The van der Waals surface area contributed by atoms with E-state index in [9.17, 15) is 10.1 Å². The molecule has 5 nitrogen and oxygen atoms in total. The van der Waals surface area contributed by atoms with Gasteiger partial charge in [-0.25, -0.2) is 0 Å². The number of hydrogen-bond acceptors (Lipinski definition) is 4. The third kappa shape index (κ3) is 3.28. The number of amides is 1. The van der Waals surface area contributed by atoms with Crippen LogP contribution in [-0.4, -0.2) is 44.2 Å². The van der Waals surface area contributed by atoms with Gasteiger partial charge < -0.3 is 14.4 Å². The summed E-state index contributed by atoms with van der Waals surface area (Å²) in [6, 6.07) is 9.54. The first-order valence-corrected chi connectivity index (χ1v) is 6.64. The van der Waals surface area contributed by atoms with Crippen molar-refractivity contribution in [2.75, 3.05) is 33.4 Å². The SMILES string of the molecule is COc1ccccc1C(C#N)CC(=O)N1CCOCC1. The number of hydrogen-bond donors (Lipinski definition) is 0. The predicted octanol–water partition coefficient (Wildman–Crippen LogP) is 1.55. The molecule has 1 aromatic rings. The van der Waals surface area contributed by atoms with Gasteiger partial charge >= 0.3 is 0 Å². The van der Waals surface area contributed by atoms with Crippen molar-refractivity contribution in [2.45, 2.75) is 12.3 Å². The zero-order valence-corrected chi connectivity index (χ0v) is 11.5.